The molecule has 1 unspecified atom stereocenters. The first-order chi connectivity index (χ1) is 9.04. The number of hydrogen-bond acceptors (Lipinski definition) is 5. The number of fused-ring (bicyclic) bond motifs is 1. The first kappa shape index (κ1) is 12.6. The second-order valence-corrected chi connectivity index (χ2v) is 6.56. The Morgan fingerprint density at radius 3 is 2.79 bits per heavy atom. The molecule has 3 rings (SSSR count). The summed E-state index contributed by atoms with van der Waals surface area (Å²) < 4.78 is 1.13. The third-order valence-corrected chi connectivity index (χ3v) is 5.33. The largest absolute Gasteiger partial charge is 0.480 e. The molecule has 1 aromatic heterocycles. The molecule has 0 spiro atoms. The molecule has 4 nitrogen and oxygen atoms in total. The number of carboxylic acid groups (broad SMARTS) is 1. The summed E-state index contributed by atoms with van der Waals surface area (Å²) in [4.78, 5) is 19.7. The highest BCUT2D eigenvalue weighted by atomic mass is 32.2. The first-order valence-electron chi connectivity index (χ1n) is 5.86. The Kier molecular flexibility index (Phi) is 3.06. The quantitative estimate of drug-likeness (QED) is 0.924. The molecule has 1 N–H and O–H groups in total. The number of nitrogens with zero attached hydrogens (tertiary/aromatic N) is 2. The monoisotopic (exact) mass is 292 g/mol. The summed E-state index contributed by atoms with van der Waals surface area (Å²) in [7, 11) is 0. The Balaban J connectivity index is 2.03. The van der Waals surface area contributed by atoms with Gasteiger partial charge in [0.25, 0.3) is 0 Å². The molecule has 1 aliphatic rings. The molecule has 0 amide bonds. The number of thioether (sulfide) groups is 1. The third-order valence-electron chi connectivity index (χ3n) is 3.12. The van der Waals surface area contributed by atoms with Crippen LogP contribution >= 0.6 is 23.1 Å². The molecule has 0 bridgehead atoms. The average molecular weight is 292 g/mol. The van der Waals surface area contributed by atoms with Crippen molar-refractivity contribution in [3.8, 4) is 0 Å². The zero-order chi connectivity index (χ0) is 13.6. The Morgan fingerprint density at radius 1 is 1.37 bits per heavy atom. The number of aliphatic carboxylic acids is 1. The normalized spacial score (nSPS) is 18.8. The number of hydrogen-bond donors (Lipinski definition) is 1. The SMILES string of the molecule is Cc1cc2nc(C3=NC(C(=O)O)CS3)sc2cc1C. The van der Waals surface area contributed by atoms with E-state index in [2.05, 4.69) is 36.0 Å². The van der Waals surface area contributed by atoms with Crippen LogP contribution in [0.5, 0.6) is 0 Å². The summed E-state index contributed by atoms with van der Waals surface area (Å²) in [6.45, 7) is 4.15. The summed E-state index contributed by atoms with van der Waals surface area (Å²) in [5.74, 6) is -0.367. The minimum Gasteiger partial charge on any atom is -0.480 e. The van der Waals surface area contributed by atoms with Crippen LogP contribution in [-0.4, -0.2) is 32.9 Å². The number of aromatic nitrogens is 1. The molecule has 19 heavy (non-hydrogen) atoms. The summed E-state index contributed by atoms with van der Waals surface area (Å²) in [6, 6.07) is 3.57. The van der Waals surface area contributed by atoms with E-state index >= 15 is 0 Å². The van der Waals surface area contributed by atoms with Crippen LogP contribution in [0.25, 0.3) is 10.2 Å². The van der Waals surface area contributed by atoms with Gasteiger partial charge in [0.15, 0.2) is 6.04 Å². The van der Waals surface area contributed by atoms with Gasteiger partial charge in [-0.2, -0.15) is 0 Å². The molecule has 1 atom stereocenters. The van der Waals surface area contributed by atoms with Crippen molar-refractivity contribution in [3.05, 3.63) is 28.3 Å². The third kappa shape index (κ3) is 2.26. The molecule has 1 aliphatic heterocycles. The van der Waals surface area contributed by atoms with Crippen molar-refractivity contribution in [2.45, 2.75) is 19.9 Å². The van der Waals surface area contributed by atoms with E-state index < -0.39 is 12.0 Å². The van der Waals surface area contributed by atoms with Crippen LogP contribution in [0.2, 0.25) is 0 Å². The summed E-state index contributed by atoms with van der Waals surface area (Å²) in [5, 5.41) is 10.5. The lowest BCUT2D eigenvalue weighted by Crippen LogP contribution is -2.17. The minimum absolute atomic E-state index is 0.499. The fourth-order valence-electron chi connectivity index (χ4n) is 1.89. The van der Waals surface area contributed by atoms with Crippen molar-refractivity contribution in [2.24, 2.45) is 4.99 Å². The number of rotatable bonds is 2. The topological polar surface area (TPSA) is 62.5 Å². The molecule has 1 aromatic carbocycles. The highest BCUT2D eigenvalue weighted by Gasteiger charge is 2.26. The predicted octanol–water partition coefficient (Wildman–Crippen LogP) is 2.86. The molecular formula is C13H12N2O2S2. The van der Waals surface area contributed by atoms with Gasteiger partial charge in [-0.1, -0.05) is 0 Å². The van der Waals surface area contributed by atoms with Crippen molar-refractivity contribution >= 4 is 44.3 Å². The number of aliphatic imine (C=N–C) groups is 1. The Labute approximate surface area is 118 Å². The molecule has 0 radical (unpaired) electrons. The Bertz CT molecular complexity index is 667. The van der Waals surface area contributed by atoms with Crippen LogP contribution in [0.15, 0.2) is 17.1 Å². The number of thiazole rings is 1. The lowest BCUT2D eigenvalue weighted by molar-refractivity contribution is -0.137. The molecule has 0 fully saturated rings. The molecule has 6 heteroatoms. The van der Waals surface area contributed by atoms with Crippen LogP contribution in [0, 0.1) is 13.8 Å². The standard InChI is InChI=1S/C13H12N2O2S2/c1-6-3-8-10(4-7(6)2)19-12(14-8)11-15-9(5-18-11)13(16)17/h3-4,9H,5H2,1-2H3,(H,16,17). The molecule has 98 valence electrons. The minimum atomic E-state index is -0.865. The van der Waals surface area contributed by atoms with E-state index in [9.17, 15) is 4.79 Å². The van der Waals surface area contributed by atoms with Gasteiger partial charge in [0.05, 0.1) is 10.2 Å². The van der Waals surface area contributed by atoms with Gasteiger partial charge in [-0.05, 0) is 37.1 Å². The molecule has 0 saturated carbocycles. The number of benzene rings is 1. The molecule has 0 aliphatic carbocycles. The zero-order valence-corrected chi connectivity index (χ0v) is 12.1. The zero-order valence-electron chi connectivity index (χ0n) is 10.5. The molecule has 2 aromatic rings. The van der Waals surface area contributed by atoms with E-state index in [-0.39, 0.29) is 0 Å². The van der Waals surface area contributed by atoms with Crippen LogP contribution in [0.3, 0.4) is 0 Å². The van der Waals surface area contributed by atoms with E-state index in [1.165, 1.54) is 22.9 Å². The van der Waals surface area contributed by atoms with Crippen molar-refractivity contribution in [1.29, 1.82) is 0 Å². The number of carboxylic acids is 1. The lowest BCUT2D eigenvalue weighted by Gasteiger charge is -1.96. The Hall–Kier alpha value is -1.40. The van der Waals surface area contributed by atoms with Crippen molar-refractivity contribution in [2.75, 3.05) is 5.75 Å². The number of aryl methyl sites for hydroxylation is 2. The second-order valence-electron chi connectivity index (χ2n) is 4.52. The van der Waals surface area contributed by atoms with Crippen LogP contribution in [-0.2, 0) is 4.79 Å². The van der Waals surface area contributed by atoms with Gasteiger partial charge in [-0.3, -0.25) is 4.99 Å². The smallest absolute Gasteiger partial charge is 0.329 e. The van der Waals surface area contributed by atoms with Crippen LogP contribution in [0.1, 0.15) is 16.1 Å². The fourth-order valence-corrected chi connectivity index (χ4v) is 4.03. The van der Waals surface area contributed by atoms with Gasteiger partial charge in [0.2, 0.25) is 0 Å². The van der Waals surface area contributed by atoms with E-state index in [4.69, 9.17) is 5.11 Å². The molecule has 2 heterocycles. The first-order valence-corrected chi connectivity index (χ1v) is 7.66. The molecule has 0 saturated heterocycles. The van der Waals surface area contributed by atoms with E-state index in [0.717, 1.165) is 20.3 Å². The van der Waals surface area contributed by atoms with Gasteiger partial charge in [0, 0.05) is 5.75 Å². The highest BCUT2D eigenvalue weighted by molar-refractivity contribution is 8.15. The van der Waals surface area contributed by atoms with Crippen LogP contribution in [0.4, 0.5) is 0 Å². The van der Waals surface area contributed by atoms with Gasteiger partial charge in [0.1, 0.15) is 10.1 Å². The van der Waals surface area contributed by atoms with Crippen molar-refractivity contribution in [1.82, 2.24) is 4.98 Å². The van der Waals surface area contributed by atoms with Crippen molar-refractivity contribution in [3.63, 3.8) is 0 Å². The maximum atomic E-state index is 10.9. The summed E-state index contributed by atoms with van der Waals surface area (Å²) >= 11 is 3.05. The number of carbonyl (C=O) groups is 1. The predicted molar refractivity (Wildman–Crippen MR) is 79.5 cm³/mol. The van der Waals surface area contributed by atoms with Crippen molar-refractivity contribution < 1.29 is 9.90 Å². The van der Waals surface area contributed by atoms with Gasteiger partial charge in [-0.25, -0.2) is 9.78 Å². The molecular weight excluding hydrogens is 280 g/mol. The second kappa shape index (κ2) is 4.61. The van der Waals surface area contributed by atoms with E-state index in [1.54, 1.807) is 11.3 Å². The average Bonchev–Trinajstić information content (AvgIpc) is 2.95. The van der Waals surface area contributed by atoms with Gasteiger partial charge >= 0.3 is 5.97 Å². The maximum absolute atomic E-state index is 10.9. The summed E-state index contributed by atoms with van der Waals surface area (Å²) in [6.07, 6.45) is 0. The van der Waals surface area contributed by atoms with E-state index in [1.807, 2.05) is 0 Å². The fraction of sp³-hybridized carbons (Fsp3) is 0.308. The highest BCUT2D eigenvalue weighted by Crippen LogP contribution is 2.31. The van der Waals surface area contributed by atoms with Gasteiger partial charge in [-0.15, -0.1) is 23.1 Å². The van der Waals surface area contributed by atoms with Gasteiger partial charge < -0.3 is 5.11 Å². The maximum Gasteiger partial charge on any atom is 0.329 e. The summed E-state index contributed by atoms with van der Waals surface area (Å²) in [5.41, 5.74) is 3.42. The lowest BCUT2D eigenvalue weighted by atomic mass is 10.1. The van der Waals surface area contributed by atoms with E-state index in [0.29, 0.717) is 5.75 Å². The van der Waals surface area contributed by atoms with Crippen LogP contribution < -0.4 is 0 Å². The Morgan fingerprint density at radius 2 is 2.11 bits per heavy atom.